The number of hydrogen-bond acceptors (Lipinski definition) is 8. The van der Waals surface area contributed by atoms with Crippen molar-refractivity contribution in [3.63, 3.8) is 0 Å². The van der Waals surface area contributed by atoms with Gasteiger partial charge in [-0.1, -0.05) is 11.6 Å². The maximum absolute atomic E-state index is 12.6. The van der Waals surface area contributed by atoms with Crippen molar-refractivity contribution < 1.29 is 38.7 Å². The van der Waals surface area contributed by atoms with Crippen LogP contribution in [0.15, 0.2) is 18.2 Å². The van der Waals surface area contributed by atoms with Crippen LogP contribution < -0.4 is 14.2 Å². The Morgan fingerprint density at radius 1 is 1.00 bits per heavy atom. The van der Waals surface area contributed by atoms with E-state index in [1.165, 1.54) is 33.3 Å². The zero-order valence-electron chi connectivity index (χ0n) is 15.7. The van der Waals surface area contributed by atoms with Gasteiger partial charge in [0.2, 0.25) is 0 Å². The Morgan fingerprint density at radius 3 is 2.21 bits per heavy atom. The lowest BCUT2D eigenvalue weighted by molar-refractivity contribution is 0.0521. The fourth-order valence-corrected chi connectivity index (χ4v) is 2.87. The van der Waals surface area contributed by atoms with E-state index in [0.717, 1.165) is 6.07 Å². The van der Waals surface area contributed by atoms with Crippen LogP contribution in [0.2, 0.25) is 5.02 Å². The molecule has 0 radical (unpaired) electrons. The summed E-state index contributed by atoms with van der Waals surface area (Å²) in [7, 11) is 2.59. The van der Waals surface area contributed by atoms with Gasteiger partial charge < -0.3 is 29.2 Å². The largest absolute Gasteiger partial charge is 0.507 e. The predicted octanol–water partition coefficient (Wildman–Crippen LogP) is 3.47. The molecule has 0 bridgehead atoms. The van der Waals surface area contributed by atoms with Crippen LogP contribution in [0.4, 0.5) is 0 Å². The molecule has 0 saturated carbocycles. The molecule has 9 heteroatoms. The molecular weight excluding hydrogens is 392 g/mol. The zero-order chi connectivity index (χ0) is 21.0. The number of hydrogen-bond donors (Lipinski definition) is 2. The summed E-state index contributed by atoms with van der Waals surface area (Å²) >= 11 is 5.98. The summed E-state index contributed by atoms with van der Waals surface area (Å²) in [5, 5.41) is 20.3. The molecule has 0 fully saturated rings. The third-order valence-electron chi connectivity index (χ3n) is 3.85. The summed E-state index contributed by atoms with van der Waals surface area (Å²) < 4.78 is 20.5. The maximum Gasteiger partial charge on any atom is 0.351 e. The highest BCUT2D eigenvalue weighted by molar-refractivity contribution is 6.32. The van der Waals surface area contributed by atoms with Crippen LogP contribution >= 0.6 is 11.6 Å². The molecule has 8 nitrogen and oxygen atoms in total. The number of carbonyl (C=O) groups excluding carboxylic acids is 2. The number of carbonyl (C=O) groups is 2. The number of phenols is 2. The number of ether oxygens (including phenoxy) is 4. The van der Waals surface area contributed by atoms with Crippen LogP contribution in [0.3, 0.4) is 0 Å². The van der Waals surface area contributed by atoms with Gasteiger partial charge in [-0.3, -0.25) is 0 Å². The third kappa shape index (κ3) is 3.91. The fraction of sp³-hybridized carbons (Fsp3) is 0.263. The second-order valence-corrected chi connectivity index (χ2v) is 5.92. The summed E-state index contributed by atoms with van der Waals surface area (Å²) in [5.74, 6) is -2.82. The van der Waals surface area contributed by atoms with E-state index in [4.69, 9.17) is 30.5 Å². The summed E-state index contributed by atoms with van der Waals surface area (Å²) in [4.78, 5) is 24.7. The molecule has 0 aliphatic rings. The van der Waals surface area contributed by atoms with Gasteiger partial charge in [-0.2, -0.15) is 0 Å². The van der Waals surface area contributed by atoms with E-state index in [-0.39, 0.29) is 45.6 Å². The summed E-state index contributed by atoms with van der Waals surface area (Å²) in [6.45, 7) is 3.24. The molecule has 28 heavy (non-hydrogen) atoms. The Kier molecular flexibility index (Phi) is 6.58. The topological polar surface area (TPSA) is 112 Å². The van der Waals surface area contributed by atoms with Crippen molar-refractivity contribution >= 4 is 23.5 Å². The molecule has 0 heterocycles. The highest BCUT2D eigenvalue weighted by atomic mass is 35.5. The number of rotatable bonds is 6. The molecule has 0 atom stereocenters. The van der Waals surface area contributed by atoms with Crippen molar-refractivity contribution in [1.29, 1.82) is 0 Å². The zero-order valence-corrected chi connectivity index (χ0v) is 16.4. The van der Waals surface area contributed by atoms with Crippen molar-refractivity contribution in [2.45, 2.75) is 13.8 Å². The van der Waals surface area contributed by atoms with Gasteiger partial charge in [0.25, 0.3) is 0 Å². The normalized spacial score (nSPS) is 10.3. The summed E-state index contributed by atoms with van der Waals surface area (Å²) in [6.07, 6.45) is 0. The number of aromatic hydroxyl groups is 2. The van der Waals surface area contributed by atoms with E-state index in [1.807, 2.05) is 0 Å². The van der Waals surface area contributed by atoms with E-state index < -0.39 is 23.4 Å². The van der Waals surface area contributed by atoms with E-state index >= 15 is 0 Å². The molecule has 2 N–H and O–H groups in total. The first kappa shape index (κ1) is 21.2. The second-order valence-electron chi connectivity index (χ2n) is 5.51. The highest BCUT2D eigenvalue weighted by Gasteiger charge is 2.27. The van der Waals surface area contributed by atoms with Crippen molar-refractivity contribution in [2.24, 2.45) is 0 Å². The van der Waals surface area contributed by atoms with Crippen LogP contribution in [-0.4, -0.2) is 43.0 Å². The van der Waals surface area contributed by atoms with E-state index in [9.17, 15) is 19.8 Å². The van der Waals surface area contributed by atoms with Gasteiger partial charge in [-0.05, 0) is 26.0 Å². The minimum absolute atomic E-state index is 0.0367. The van der Waals surface area contributed by atoms with Gasteiger partial charge in [0.15, 0.2) is 17.2 Å². The molecule has 0 saturated heterocycles. The number of methoxy groups -OCH3 is 2. The summed E-state index contributed by atoms with van der Waals surface area (Å²) in [6, 6.07) is 3.62. The molecule has 2 aromatic carbocycles. The molecule has 0 aliphatic heterocycles. The molecule has 150 valence electrons. The first-order valence-electron chi connectivity index (χ1n) is 8.12. The van der Waals surface area contributed by atoms with Gasteiger partial charge in [0.05, 0.1) is 25.8 Å². The standard InChI is InChI=1S/C19H19ClO8/c1-5-27-18(23)14-9(2)16(25-3)13(8-12(14)22)28-19(24)15-11(21)7-6-10(20)17(15)26-4/h6-8,21-22H,5H2,1-4H3. The number of esters is 2. The van der Waals surface area contributed by atoms with Crippen LogP contribution in [0, 0.1) is 6.92 Å². The Balaban J connectivity index is 2.52. The predicted molar refractivity (Wildman–Crippen MR) is 100.0 cm³/mol. The number of benzene rings is 2. The third-order valence-corrected chi connectivity index (χ3v) is 4.14. The van der Waals surface area contributed by atoms with Gasteiger partial charge in [-0.25, -0.2) is 9.59 Å². The first-order valence-corrected chi connectivity index (χ1v) is 8.49. The van der Waals surface area contributed by atoms with Gasteiger partial charge >= 0.3 is 11.9 Å². The van der Waals surface area contributed by atoms with Gasteiger partial charge in [0.1, 0.15) is 22.6 Å². The molecular formula is C19H19ClO8. The number of halogens is 1. The van der Waals surface area contributed by atoms with Gasteiger partial charge in [-0.15, -0.1) is 0 Å². The number of phenolic OH excluding ortho intramolecular Hbond substituents is 2. The molecule has 2 rings (SSSR count). The lowest BCUT2D eigenvalue weighted by Crippen LogP contribution is -2.13. The molecule has 2 aromatic rings. The monoisotopic (exact) mass is 410 g/mol. The highest BCUT2D eigenvalue weighted by Crippen LogP contribution is 2.41. The molecule has 0 aliphatic carbocycles. The quantitative estimate of drug-likeness (QED) is 0.550. The van der Waals surface area contributed by atoms with Crippen LogP contribution in [0.1, 0.15) is 33.2 Å². The second kappa shape index (κ2) is 8.71. The molecule has 0 spiro atoms. The summed E-state index contributed by atoms with van der Waals surface area (Å²) in [5.41, 5.74) is -0.198. The Labute approximate surface area is 166 Å². The van der Waals surface area contributed by atoms with Crippen LogP contribution in [0.25, 0.3) is 0 Å². The van der Waals surface area contributed by atoms with E-state index in [1.54, 1.807) is 6.92 Å². The van der Waals surface area contributed by atoms with E-state index in [0.29, 0.717) is 0 Å². The SMILES string of the molecule is CCOC(=O)c1c(O)cc(OC(=O)c2c(O)ccc(Cl)c2OC)c(OC)c1C. The lowest BCUT2D eigenvalue weighted by Gasteiger charge is -2.17. The van der Waals surface area contributed by atoms with Crippen molar-refractivity contribution in [1.82, 2.24) is 0 Å². The molecule has 0 aromatic heterocycles. The van der Waals surface area contributed by atoms with Crippen molar-refractivity contribution in [3.05, 3.63) is 39.9 Å². The lowest BCUT2D eigenvalue weighted by atomic mass is 10.1. The van der Waals surface area contributed by atoms with Crippen molar-refractivity contribution in [2.75, 3.05) is 20.8 Å². The first-order chi connectivity index (χ1) is 13.3. The van der Waals surface area contributed by atoms with E-state index in [2.05, 4.69) is 0 Å². The van der Waals surface area contributed by atoms with Crippen molar-refractivity contribution in [3.8, 4) is 28.7 Å². The Hall–Kier alpha value is -3.13. The fourth-order valence-electron chi connectivity index (χ4n) is 2.64. The minimum atomic E-state index is -1.00. The molecule has 0 amide bonds. The van der Waals surface area contributed by atoms with Crippen LogP contribution in [0.5, 0.6) is 28.7 Å². The minimum Gasteiger partial charge on any atom is -0.507 e. The maximum atomic E-state index is 12.6. The molecule has 0 unspecified atom stereocenters. The Morgan fingerprint density at radius 2 is 1.64 bits per heavy atom. The van der Waals surface area contributed by atoms with Crippen LogP contribution in [-0.2, 0) is 4.74 Å². The average Bonchev–Trinajstić information content (AvgIpc) is 2.63. The average molecular weight is 411 g/mol. The van der Waals surface area contributed by atoms with Gasteiger partial charge in [0, 0.05) is 11.6 Å². The smallest absolute Gasteiger partial charge is 0.351 e. The Bertz CT molecular complexity index is 923.